The van der Waals surface area contributed by atoms with E-state index < -0.39 is 10.0 Å². The zero-order chi connectivity index (χ0) is 25.8. The Morgan fingerprint density at radius 1 is 0.943 bits per heavy atom. The minimum atomic E-state index is -3.94. The highest BCUT2D eigenvalue weighted by molar-refractivity contribution is 7.92. The Bertz CT molecular complexity index is 1270. The second-order valence-electron chi connectivity index (χ2n) is 9.05. The Kier molecular flexibility index (Phi) is 8.22. The van der Waals surface area contributed by atoms with E-state index in [4.69, 9.17) is 4.74 Å². The van der Waals surface area contributed by atoms with Crippen LogP contribution in [0.3, 0.4) is 0 Å². The monoisotopic (exact) mass is 494 g/mol. The fourth-order valence-corrected chi connectivity index (χ4v) is 5.49. The first-order valence-corrected chi connectivity index (χ1v) is 13.1. The summed E-state index contributed by atoms with van der Waals surface area (Å²) in [6, 6.07) is 19.0. The normalized spacial score (nSPS) is 12.3. The van der Waals surface area contributed by atoms with Crippen LogP contribution in [0.15, 0.2) is 71.6 Å². The third-order valence-electron chi connectivity index (χ3n) is 6.02. The molecule has 35 heavy (non-hydrogen) atoms. The molecule has 7 heteroatoms. The van der Waals surface area contributed by atoms with Crippen LogP contribution in [-0.4, -0.2) is 28.0 Å². The molecule has 3 aromatic rings. The average Bonchev–Trinajstić information content (AvgIpc) is 2.83. The molecule has 1 atom stereocenters. The molecule has 6 nitrogen and oxygen atoms in total. The number of rotatable bonds is 9. The summed E-state index contributed by atoms with van der Waals surface area (Å²) < 4.78 is 33.7. The van der Waals surface area contributed by atoms with Gasteiger partial charge in [-0.3, -0.25) is 9.10 Å². The van der Waals surface area contributed by atoms with Gasteiger partial charge in [-0.1, -0.05) is 49.7 Å². The zero-order valence-corrected chi connectivity index (χ0v) is 22.0. The number of ether oxygens (including phenoxy) is 1. The summed E-state index contributed by atoms with van der Waals surface area (Å²) in [6.07, 6.45) is 0. The van der Waals surface area contributed by atoms with E-state index in [-0.39, 0.29) is 29.3 Å². The van der Waals surface area contributed by atoms with Gasteiger partial charge in [-0.2, -0.15) is 0 Å². The molecule has 3 rings (SSSR count). The van der Waals surface area contributed by atoms with E-state index in [1.165, 1.54) is 12.1 Å². The van der Waals surface area contributed by atoms with Crippen LogP contribution in [0.1, 0.15) is 55.0 Å². The first-order chi connectivity index (χ1) is 16.5. The van der Waals surface area contributed by atoms with Crippen molar-refractivity contribution in [1.29, 1.82) is 0 Å². The van der Waals surface area contributed by atoms with Crippen LogP contribution in [0.25, 0.3) is 0 Å². The highest BCUT2D eigenvalue weighted by atomic mass is 32.2. The van der Waals surface area contributed by atoms with E-state index in [1.54, 1.807) is 37.4 Å². The number of anilines is 1. The lowest BCUT2D eigenvalue weighted by atomic mass is 9.93. The van der Waals surface area contributed by atoms with Gasteiger partial charge in [0.15, 0.2) is 0 Å². The second-order valence-corrected chi connectivity index (χ2v) is 10.9. The number of amides is 1. The summed E-state index contributed by atoms with van der Waals surface area (Å²) in [7, 11) is -2.29. The number of sulfonamides is 1. The molecule has 1 amide bonds. The van der Waals surface area contributed by atoms with Crippen LogP contribution in [0.4, 0.5) is 5.69 Å². The van der Waals surface area contributed by atoms with Crippen molar-refractivity contribution in [3.05, 3.63) is 89.0 Å². The van der Waals surface area contributed by atoms with Crippen molar-refractivity contribution >= 4 is 21.6 Å². The molecule has 3 aromatic carbocycles. The summed E-state index contributed by atoms with van der Waals surface area (Å²) >= 11 is 0. The molecule has 0 aliphatic carbocycles. The van der Waals surface area contributed by atoms with Crippen molar-refractivity contribution < 1.29 is 17.9 Å². The third-order valence-corrected chi connectivity index (χ3v) is 7.81. The number of carbonyl (C=O) groups excluding carboxylic acids is 1. The molecule has 1 N–H and O–H groups in total. The highest BCUT2D eigenvalue weighted by Crippen LogP contribution is 2.32. The summed E-state index contributed by atoms with van der Waals surface area (Å²) in [6.45, 7) is 9.65. The quantitative estimate of drug-likeness (QED) is 0.426. The smallest absolute Gasteiger partial charge is 0.264 e. The number of hydrogen-bond acceptors (Lipinski definition) is 4. The van der Waals surface area contributed by atoms with Gasteiger partial charge >= 0.3 is 0 Å². The fourth-order valence-electron chi connectivity index (χ4n) is 4.05. The van der Waals surface area contributed by atoms with Crippen molar-refractivity contribution in [2.24, 2.45) is 0 Å². The molecule has 0 heterocycles. The second kappa shape index (κ2) is 11.0. The van der Waals surface area contributed by atoms with E-state index in [0.717, 1.165) is 32.3 Å². The zero-order valence-electron chi connectivity index (χ0n) is 21.2. The lowest BCUT2D eigenvalue weighted by molar-refractivity contribution is -0.120. The molecular weight excluding hydrogens is 460 g/mol. The Morgan fingerprint density at radius 3 is 2.14 bits per heavy atom. The fraction of sp³-hybridized carbons (Fsp3) is 0.321. The minimum Gasteiger partial charge on any atom is -0.496 e. The predicted octanol–water partition coefficient (Wildman–Crippen LogP) is 5.51. The van der Waals surface area contributed by atoms with Gasteiger partial charge in [0.2, 0.25) is 5.91 Å². The number of carbonyl (C=O) groups is 1. The molecule has 1 unspecified atom stereocenters. The maximum absolute atomic E-state index is 13.5. The van der Waals surface area contributed by atoms with Crippen molar-refractivity contribution in [2.45, 2.75) is 51.5 Å². The Morgan fingerprint density at radius 2 is 1.57 bits per heavy atom. The van der Waals surface area contributed by atoms with Gasteiger partial charge in [0, 0.05) is 0 Å². The maximum Gasteiger partial charge on any atom is 0.264 e. The van der Waals surface area contributed by atoms with E-state index >= 15 is 0 Å². The molecular formula is C28H34N2O4S. The van der Waals surface area contributed by atoms with E-state index in [9.17, 15) is 13.2 Å². The molecule has 0 spiro atoms. The predicted molar refractivity (Wildman–Crippen MR) is 141 cm³/mol. The lowest BCUT2D eigenvalue weighted by Crippen LogP contribution is -2.41. The van der Waals surface area contributed by atoms with Crippen LogP contribution in [0, 0.1) is 13.8 Å². The number of aryl methyl sites for hydroxylation is 2. The Hall–Kier alpha value is -3.32. The standard InChI is InChI=1S/C28H34N2O4S/c1-19(2)25-17-26(21(4)16-27(25)34-6)22(5)29-28(31)18-30(23-14-12-20(3)13-15-23)35(32,33)24-10-8-7-9-11-24/h7-17,19,22H,18H2,1-6H3,(H,29,31). The number of nitrogens with one attached hydrogen (secondary N) is 1. The molecule has 0 bridgehead atoms. The molecule has 0 aliphatic rings. The topological polar surface area (TPSA) is 75.7 Å². The SMILES string of the molecule is COc1cc(C)c(C(C)NC(=O)CN(c2ccc(C)cc2)S(=O)(=O)c2ccccc2)cc1C(C)C. The number of nitrogens with zero attached hydrogens (tertiary/aromatic N) is 1. The molecule has 0 saturated heterocycles. The molecule has 0 aromatic heterocycles. The molecule has 0 radical (unpaired) electrons. The van der Waals surface area contributed by atoms with E-state index in [2.05, 4.69) is 25.2 Å². The van der Waals surface area contributed by atoms with Gasteiger partial charge < -0.3 is 10.1 Å². The Balaban J connectivity index is 1.90. The van der Waals surface area contributed by atoms with Gasteiger partial charge in [-0.15, -0.1) is 0 Å². The maximum atomic E-state index is 13.5. The summed E-state index contributed by atoms with van der Waals surface area (Å²) in [5, 5.41) is 2.99. The molecule has 186 valence electrons. The van der Waals surface area contributed by atoms with Gasteiger partial charge in [-0.25, -0.2) is 8.42 Å². The lowest BCUT2D eigenvalue weighted by Gasteiger charge is -2.26. The summed E-state index contributed by atoms with van der Waals surface area (Å²) in [5.74, 6) is 0.679. The largest absolute Gasteiger partial charge is 0.496 e. The van der Waals surface area contributed by atoms with Gasteiger partial charge in [0.05, 0.1) is 23.7 Å². The van der Waals surface area contributed by atoms with Crippen LogP contribution >= 0.6 is 0 Å². The number of hydrogen-bond donors (Lipinski definition) is 1. The van der Waals surface area contributed by atoms with Gasteiger partial charge in [0.25, 0.3) is 10.0 Å². The van der Waals surface area contributed by atoms with Crippen LogP contribution in [-0.2, 0) is 14.8 Å². The van der Waals surface area contributed by atoms with Crippen molar-refractivity contribution in [3.8, 4) is 5.75 Å². The summed E-state index contributed by atoms with van der Waals surface area (Å²) in [4.78, 5) is 13.3. The van der Waals surface area contributed by atoms with Crippen LogP contribution in [0.5, 0.6) is 5.75 Å². The first kappa shape index (κ1) is 26.3. The molecule has 0 saturated carbocycles. The van der Waals surface area contributed by atoms with Crippen LogP contribution in [0.2, 0.25) is 0 Å². The molecule has 0 aliphatic heterocycles. The first-order valence-electron chi connectivity index (χ1n) is 11.7. The van der Waals surface area contributed by atoms with Crippen molar-refractivity contribution in [3.63, 3.8) is 0 Å². The van der Waals surface area contributed by atoms with E-state index in [1.807, 2.05) is 39.0 Å². The van der Waals surface area contributed by atoms with Crippen molar-refractivity contribution in [1.82, 2.24) is 5.32 Å². The Labute approximate surface area is 209 Å². The van der Waals surface area contributed by atoms with Gasteiger partial charge in [-0.05, 0) is 79.8 Å². The highest BCUT2D eigenvalue weighted by Gasteiger charge is 2.28. The number of benzene rings is 3. The van der Waals surface area contributed by atoms with Gasteiger partial charge in [0.1, 0.15) is 12.3 Å². The average molecular weight is 495 g/mol. The van der Waals surface area contributed by atoms with Crippen LogP contribution < -0.4 is 14.4 Å². The van der Waals surface area contributed by atoms with E-state index in [0.29, 0.717) is 5.69 Å². The number of methoxy groups -OCH3 is 1. The third kappa shape index (κ3) is 6.03. The molecule has 0 fully saturated rings. The summed E-state index contributed by atoms with van der Waals surface area (Å²) in [5.41, 5.74) is 4.45. The minimum absolute atomic E-state index is 0.133. The van der Waals surface area contributed by atoms with Crippen molar-refractivity contribution in [2.75, 3.05) is 18.0 Å².